The molecule has 15 heavy (non-hydrogen) atoms. The van der Waals surface area contributed by atoms with Crippen molar-refractivity contribution in [2.24, 2.45) is 0 Å². The SMILES string of the molecule is CCC(O)C(C)N1CCN(C)C(CC)C1. The first kappa shape index (κ1) is 12.9. The first-order valence-corrected chi connectivity index (χ1v) is 6.22. The van der Waals surface area contributed by atoms with Crippen LogP contribution in [0.4, 0.5) is 0 Å². The Morgan fingerprint density at radius 3 is 2.53 bits per heavy atom. The lowest BCUT2D eigenvalue weighted by molar-refractivity contribution is 0.00863. The van der Waals surface area contributed by atoms with Crippen molar-refractivity contribution in [2.75, 3.05) is 26.7 Å². The molecule has 0 aromatic heterocycles. The van der Waals surface area contributed by atoms with Gasteiger partial charge in [-0.3, -0.25) is 4.90 Å². The summed E-state index contributed by atoms with van der Waals surface area (Å²) in [7, 11) is 2.20. The van der Waals surface area contributed by atoms with Crippen molar-refractivity contribution < 1.29 is 5.11 Å². The molecule has 1 saturated heterocycles. The number of likely N-dealkylation sites (N-methyl/N-ethyl adjacent to an activating group) is 1. The summed E-state index contributed by atoms with van der Waals surface area (Å²) in [5, 5.41) is 9.85. The maximum Gasteiger partial charge on any atom is 0.0690 e. The van der Waals surface area contributed by atoms with E-state index < -0.39 is 0 Å². The van der Waals surface area contributed by atoms with Crippen LogP contribution >= 0.6 is 0 Å². The van der Waals surface area contributed by atoms with Gasteiger partial charge in [-0.25, -0.2) is 0 Å². The Balaban J connectivity index is 2.50. The van der Waals surface area contributed by atoms with E-state index >= 15 is 0 Å². The van der Waals surface area contributed by atoms with Crippen molar-refractivity contribution in [1.82, 2.24) is 9.80 Å². The van der Waals surface area contributed by atoms with E-state index in [2.05, 4.69) is 37.6 Å². The van der Waals surface area contributed by atoms with Crippen LogP contribution in [0.25, 0.3) is 0 Å². The molecule has 3 nitrogen and oxygen atoms in total. The molecule has 3 heteroatoms. The smallest absolute Gasteiger partial charge is 0.0690 e. The van der Waals surface area contributed by atoms with E-state index in [1.54, 1.807) is 0 Å². The van der Waals surface area contributed by atoms with Gasteiger partial charge < -0.3 is 10.0 Å². The Morgan fingerprint density at radius 1 is 1.33 bits per heavy atom. The summed E-state index contributed by atoms with van der Waals surface area (Å²) in [6.45, 7) is 9.75. The van der Waals surface area contributed by atoms with Crippen LogP contribution in [-0.4, -0.2) is 59.8 Å². The first-order chi connectivity index (χ1) is 7.10. The average molecular weight is 214 g/mol. The van der Waals surface area contributed by atoms with Gasteiger partial charge in [0.25, 0.3) is 0 Å². The van der Waals surface area contributed by atoms with Crippen LogP contribution in [0.1, 0.15) is 33.6 Å². The summed E-state index contributed by atoms with van der Waals surface area (Å²) in [6.07, 6.45) is 1.87. The molecule has 1 fully saturated rings. The molecule has 0 aliphatic carbocycles. The highest BCUT2D eigenvalue weighted by Gasteiger charge is 2.28. The van der Waals surface area contributed by atoms with Crippen molar-refractivity contribution in [1.29, 1.82) is 0 Å². The minimum absolute atomic E-state index is 0.175. The third kappa shape index (κ3) is 3.16. The van der Waals surface area contributed by atoms with Gasteiger partial charge in [-0.15, -0.1) is 0 Å². The molecular formula is C12H26N2O. The fraction of sp³-hybridized carbons (Fsp3) is 1.00. The van der Waals surface area contributed by atoms with Crippen LogP contribution in [0.3, 0.4) is 0 Å². The largest absolute Gasteiger partial charge is 0.392 e. The number of rotatable bonds is 4. The Hall–Kier alpha value is -0.120. The third-order valence-corrected chi connectivity index (χ3v) is 3.83. The summed E-state index contributed by atoms with van der Waals surface area (Å²) in [4.78, 5) is 4.86. The third-order valence-electron chi connectivity index (χ3n) is 3.83. The minimum Gasteiger partial charge on any atom is -0.392 e. The van der Waals surface area contributed by atoms with Crippen LogP contribution < -0.4 is 0 Å². The van der Waals surface area contributed by atoms with Crippen molar-refractivity contribution in [2.45, 2.75) is 51.8 Å². The normalized spacial score (nSPS) is 29.0. The molecule has 0 aromatic carbocycles. The van der Waals surface area contributed by atoms with Crippen LogP contribution in [0.2, 0.25) is 0 Å². The zero-order chi connectivity index (χ0) is 11.4. The predicted octanol–water partition coefficient (Wildman–Crippen LogP) is 1.17. The van der Waals surface area contributed by atoms with E-state index in [0.29, 0.717) is 12.1 Å². The van der Waals surface area contributed by atoms with Gasteiger partial charge in [-0.1, -0.05) is 13.8 Å². The van der Waals surface area contributed by atoms with Crippen molar-refractivity contribution in [3.05, 3.63) is 0 Å². The lowest BCUT2D eigenvalue weighted by atomic mass is 10.0. The van der Waals surface area contributed by atoms with E-state index in [1.165, 1.54) is 6.42 Å². The molecule has 0 aromatic rings. The molecule has 1 aliphatic rings. The Bertz CT molecular complexity index is 186. The summed E-state index contributed by atoms with van der Waals surface area (Å²) >= 11 is 0. The molecule has 1 heterocycles. The molecule has 0 bridgehead atoms. The van der Waals surface area contributed by atoms with Gasteiger partial charge in [0.15, 0.2) is 0 Å². The summed E-state index contributed by atoms with van der Waals surface area (Å²) in [6, 6.07) is 0.961. The topological polar surface area (TPSA) is 26.7 Å². The molecule has 1 N–H and O–H groups in total. The van der Waals surface area contributed by atoms with Gasteiger partial charge in [0.2, 0.25) is 0 Å². The van der Waals surface area contributed by atoms with E-state index in [1.807, 2.05) is 0 Å². The van der Waals surface area contributed by atoms with Crippen LogP contribution in [0.5, 0.6) is 0 Å². The van der Waals surface area contributed by atoms with Gasteiger partial charge in [0, 0.05) is 31.7 Å². The Morgan fingerprint density at radius 2 is 2.00 bits per heavy atom. The van der Waals surface area contributed by atoms with Crippen LogP contribution in [0, 0.1) is 0 Å². The molecular weight excluding hydrogens is 188 g/mol. The molecule has 0 amide bonds. The average Bonchev–Trinajstić information content (AvgIpc) is 2.27. The number of aliphatic hydroxyl groups excluding tert-OH is 1. The van der Waals surface area contributed by atoms with Crippen molar-refractivity contribution in [3.63, 3.8) is 0 Å². The fourth-order valence-corrected chi connectivity index (χ4v) is 2.37. The maximum absolute atomic E-state index is 9.85. The van der Waals surface area contributed by atoms with E-state index in [4.69, 9.17) is 0 Å². The number of hydrogen-bond donors (Lipinski definition) is 1. The first-order valence-electron chi connectivity index (χ1n) is 6.22. The number of nitrogens with zero attached hydrogens (tertiary/aromatic N) is 2. The zero-order valence-electron chi connectivity index (χ0n) is 10.6. The van der Waals surface area contributed by atoms with E-state index in [-0.39, 0.29) is 6.10 Å². The Labute approximate surface area is 94.1 Å². The summed E-state index contributed by atoms with van der Waals surface area (Å²) in [5.74, 6) is 0. The van der Waals surface area contributed by atoms with Crippen molar-refractivity contribution in [3.8, 4) is 0 Å². The van der Waals surface area contributed by atoms with Gasteiger partial charge in [0.05, 0.1) is 6.10 Å². The molecule has 90 valence electrons. The molecule has 1 aliphatic heterocycles. The van der Waals surface area contributed by atoms with Gasteiger partial charge in [-0.05, 0) is 26.8 Å². The number of aliphatic hydroxyl groups is 1. The second kappa shape index (κ2) is 5.83. The van der Waals surface area contributed by atoms with E-state index in [9.17, 15) is 5.11 Å². The molecule has 0 saturated carbocycles. The highest BCUT2D eigenvalue weighted by molar-refractivity contribution is 4.84. The van der Waals surface area contributed by atoms with Gasteiger partial charge in [-0.2, -0.15) is 0 Å². The molecule has 3 unspecified atom stereocenters. The summed E-state index contributed by atoms with van der Waals surface area (Å²) in [5.41, 5.74) is 0. The maximum atomic E-state index is 9.85. The Kier molecular flexibility index (Phi) is 5.03. The van der Waals surface area contributed by atoms with E-state index in [0.717, 1.165) is 26.1 Å². The molecule has 0 radical (unpaired) electrons. The van der Waals surface area contributed by atoms with Gasteiger partial charge in [0.1, 0.15) is 0 Å². The molecule has 0 spiro atoms. The van der Waals surface area contributed by atoms with Gasteiger partial charge >= 0.3 is 0 Å². The fourth-order valence-electron chi connectivity index (χ4n) is 2.37. The number of hydrogen-bond acceptors (Lipinski definition) is 3. The van der Waals surface area contributed by atoms with Crippen LogP contribution in [-0.2, 0) is 0 Å². The highest BCUT2D eigenvalue weighted by atomic mass is 16.3. The van der Waals surface area contributed by atoms with Crippen LogP contribution in [0.15, 0.2) is 0 Å². The molecule has 1 rings (SSSR count). The monoisotopic (exact) mass is 214 g/mol. The molecule has 3 atom stereocenters. The number of piperazine rings is 1. The lowest BCUT2D eigenvalue weighted by Gasteiger charge is -2.43. The lowest BCUT2D eigenvalue weighted by Crippen LogP contribution is -2.55. The second-order valence-corrected chi connectivity index (χ2v) is 4.75. The second-order valence-electron chi connectivity index (χ2n) is 4.75. The predicted molar refractivity (Wildman–Crippen MR) is 64.0 cm³/mol. The highest BCUT2D eigenvalue weighted by Crippen LogP contribution is 2.15. The standard InChI is InChI=1S/C12H26N2O/c1-5-11-9-14(8-7-13(11)4)10(3)12(15)6-2/h10-12,15H,5-9H2,1-4H3. The van der Waals surface area contributed by atoms with Crippen molar-refractivity contribution >= 4 is 0 Å². The summed E-state index contributed by atoms with van der Waals surface area (Å²) < 4.78 is 0. The quantitative estimate of drug-likeness (QED) is 0.761. The zero-order valence-corrected chi connectivity index (χ0v) is 10.6. The minimum atomic E-state index is -0.175.